The van der Waals surface area contributed by atoms with E-state index in [4.69, 9.17) is 0 Å². The van der Waals surface area contributed by atoms with E-state index in [-0.39, 0.29) is 23.0 Å². The second-order valence-corrected chi connectivity index (χ2v) is 7.95. The van der Waals surface area contributed by atoms with Gasteiger partial charge in [-0.3, -0.25) is 4.79 Å². The lowest BCUT2D eigenvalue weighted by Crippen LogP contribution is -2.43. The van der Waals surface area contributed by atoms with Crippen LogP contribution in [0.25, 0.3) is 0 Å². The van der Waals surface area contributed by atoms with E-state index in [1.54, 1.807) is 0 Å². The molecular weight excluding hydrogens is 361 g/mol. The lowest BCUT2D eigenvalue weighted by molar-refractivity contribution is -0.120. The van der Waals surface area contributed by atoms with Gasteiger partial charge in [-0.1, -0.05) is 0 Å². The number of benzene rings is 1. The smallest absolute Gasteiger partial charge is 0.243 e. The first kappa shape index (κ1) is 18.3. The van der Waals surface area contributed by atoms with Crippen molar-refractivity contribution in [3.05, 3.63) is 48.4 Å². The Bertz CT molecular complexity index is 902. The fourth-order valence-corrected chi connectivity index (χ4v) is 4.37. The van der Waals surface area contributed by atoms with Gasteiger partial charge in [0.15, 0.2) is 11.6 Å². The third kappa shape index (κ3) is 3.83. The summed E-state index contributed by atoms with van der Waals surface area (Å²) in [6, 6.07) is 7.52. The number of amides is 1. The molecule has 1 aromatic heterocycles. The Labute approximate surface area is 150 Å². The van der Waals surface area contributed by atoms with Crippen LogP contribution >= 0.6 is 0 Å². The molecule has 1 unspecified atom stereocenters. The molecule has 138 valence electrons. The molecular formula is C17H18FN3O4S. The Hall–Kier alpha value is -2.52. The molecule has 0 bridgehead atoms. The molecule has 1 aromatic carbocycles. The Balaban J connectivity index is 1.73. The van der Waals surface area contributed by atoms with Crippen LogP contribution in [-0.2, 0) is 14.8 Å². The molecule has 1 aliphatic heterocycles. The number of hydrogen-bond donors (Lipinski definition) is 2. The molecule has 2 N–H and O–H groups in total. The summed E-state index contributed by atoms with van der Waals surface area (Å²) in [5.41, 5.74) is 0. The number of nitrogens with zero attached hydrogens (tertiary/aromatic N) is 2. The maximum absolute atomic E-state index is 13.0. The molecule has 26 heavy (non-hydrogen) atoms. The number of nitrogens with one attached hydrogen (secondary N) is 1. The largest absolute Gasteiger partial charge is 0.504 e. The maximum Gasteiger partial charge on any atom is 0.243 e. The highest BCUT2D eigenvalue weighted by atomic mass is 32.2. The quantitative estimate of drug-likeness (QED) is 0.846. The number of hydrogen-bond acceptors (Lipinski definition) is 5. The molecule has 7 nitrogen and oxygen atoms in total. The first-order valence-electron chi connectivity index (χ1n) is 8.08. The van der Waals surface area contributed by atoms with E-state index in [1.807, 2.05) is 0 Å². The molecule has 1 fully saturated rings. The van der Waals surface area contributed by atoms with Crippen molar-refractivity contribution in [1.29, 1.82) is 0 Å². The van der Waals surface area contributed by atoms with Gasteiger partial charge in [-0.05, 0) is 49.2 Å². The van der Waals surface area contributed by atoms with Gasteiger partial charge in [0.2, 0.25) is 15.9 Å². The predicted octanol–water partition coefficient (Wildman–Crippen LogP) is 1.97. The minimum Gasteiger partial charge on any atom is -0.504 e. The predicted molar refractivity (Wildman–Crippen MR) is 92.4 cm³/mol. The summed E-state index contributed by atoms with van der Waals surface area (Å²) < 4.78 is 39.7. The lowest BCUT2D eigenvalue weighted by Gasteiger charge is -2.31. The molecule has 0 spiro atoms. The summed E-state index contributed by atoms with van der Waals surface area (Å²) in [6.45, 7) is 0.303. The zero-order valence-electron chi connectivity index (χ0n) is 13.8. The van der Waals surface area contributed by atoms with Crippen molar-refractivity contribution in [2.45, 2.75) is 17.7 Å². The highest BCUT2D eigenvalue weighted by molar-refractivity contribution is 7.89. The molecule has 1 saturated heterocycles. The van der Waals surface area contributed by atoms with Crippen molar-refractivity contribution in [3.8, 4) is 5.75 Å². The second-order valence-electron chi connectivity index (χ2n) is 6.02. The number of anilines is 1. The molecule has 1 amide bonds. The van der Waals surface area contributed by atoms with Crippen molar-refractivity contribution < 1.29 is 22.7 Å². The molecule has 0 radical (unpaired) electrons. The van der Waals surface area contributed by atoms with Gasteiger partial charge < -0.3 is 10.4 Å². The standard InChI is InChI=1S/C17H18FN3O4S/c18-13-5-7-14(8-6-13)26(24,25)21-10-2-3-12(11-21)17(23)20-16-15(22)4-1-9-19-16/h1,4-9,12,22H,2-3,10-11H2,(H,19,20,23). The second kappa shape index (κ2) is 7.38. The zero-order valence-corrected chi connectivity index (χ0v) is 14.6. The lowest BCUT2D eigenvalue weighted by atomic mass is 9.99. The fourth-order valence-electron chi connectivity index (χ4n) is 2.84. The number of carbonyl (C=O) groups is 1. The third-order valence-corrected chi connectivity index (χ3v) is 6.11. The van der Waals surface area contributed by atoms with Crippen molar-refractivity contribution in [3.63, 3.8) is 0 Å². The van der Waals surface area contributed by atoms with E-state index in [9.17, 15) is 22.7 Å². The molecule has 0 saturated carbocycles. The Kier molecular flexibility index (Phi) is 5.19. The molecule has 9 heteroatoms. The van der Waals surface area contributed by atoms with Crippen LogP contribution in [0.2, 0.25) is 0 Å². The van der Waals surface area contributed by atoms with Crippen LogP contribution in [-0.4, -0.2) is 41.8 Å². The van der Waals surface area contributed by atoms with E-state index >= 15 is 0 Å². The van der Waals surface area contributed by atoms with E-state index in [1.165, 1.54) is 34.8 Å². The van der Waals surface area contributed by atoms with Gasteiger partial charge in [0.25, 0.3) is 0 Å². The van der Waals surface area contributed by atoms with Crippen LogP contribution in [0.1, 0.15) is 12.8 Å². The normalized spacial score (nSPS) is 18.4. The maximum atomic E-state index is 13.0. The SMILES string of the molecule is O=C(Nc1ncccc1O)C1CCCN(S(=O)(=O)c2ccc(F)cc2)C1. The summed E-state index contributed by atoms with van der Waals surface area (Å²) in [4.78, 5) is 16.3. The van der Waals surface area contributed by atoms with Crippen LogP contribution in [0.3, 0.4) is 0 Å². The number of halogens is 1. The molecule has 2 heterocycles. The Morgan fingerprint density at radius 2 is 2.00 bits per heavy atom. The van der Waals surface area contributed by atoms with Crippen molar-refractivity contribution >= 4 is 21.7 Å². The highest BCUT2D eigenvalue weighted by Gasteiger charge is 2.33. The Morgan fingerprint density at radius 1 is 1.27 bits per heavy atom. The number of carbonyl (C=O) groups excluding carboxylic acids is 1. The first-order valence-corrected chi connectivity index (χ1v) is 9.52. The molecule has 2 aromatic rings. The fraction of sp³-hybridized carbons (Fsp3) is 0.294. The minimum atomic E-state index is -3.80. The van der Waals surface area contributed by atoms with E-state index in [2.05, 4.69) is 10.3 Å². The number of rotatable bonds is 4. The topological polar surface area (TPSA) is 99.6 Å². The number of aromatic hydroxyl groups is 1. The summed E-state index contributed by atoms with van der Waals surface area (Å²) in [5, 5.41) is 12.2. The number of piperidine rings is 1. The van der Waals surface area contributed by atoms with Gasteiger partial charge in [0.1, 0.15) is 5.82 Å². The van der Waals surface area contributed by atoms with Crippen molar-refractivity contribution in [1.82, 2.24) is 9.29 Å². The molecule has 1 atom stereocenters. The molecule has 3 rings (SSSR count). The summed E-state index contributed by atoms with van der Waals surface area (Å²) >= 11 is 0. The van der Waals surface area contributed by atoms with Gasteiger partial charge in [0.05, 0.1) is 10.8 Å². The number of aromatic nitrogens is 1. The van der Waals surface area contributed by atoms with Gasteiger partial charge >= 0.3 is 0 Å². The Morgan fingerprint density at radius 3 is 2.69 bits per heavy atom. The van der Waals surface area contributed by atoms with Crippen LogP contribution in [0, 0.1) is 11.7 Å². The van der Waals surface area contributed by atoms with Gasteiger partial charge in [-0.2, -0.15) is 4.31 Å². The van der Waals surface area contributed by atoms with E-state index in [0.29, 0.717) is 19.4 Å². The van der Waals surface area contributed by atoms with Crippen molar-refractivity contribution in [2.24, 2.45) is 5.92 Å². The monoisotopic (exact) mass is 379 g/mol. The van der Waals surface area contributed by atoms with Gasteiger partial charge in [-0.15, -0.1) is 0 Å². The van der Waals surface area contributed by atoms with E-state index in [0.717, 1.165) is 12.1 Å². The minimum absolute atomic E-state index is 0.0117. The summed E-state index contributed by atoms with van der Waals surface area (Å²) in [6.07, 6.45) is 2.48. The average molecular weight is 379 g/mol. The first-order chi connectivity index (χ1) is 12.4. The third-order valence-electron chi connectivity index (χ3n) is 4.23. The molecule has 0 aliphatic carbocycles. The van der Waals surface area contributed by atoms with E-state index < -0.39 is 27.7 Å². The number of sulfonamides is 1. The molecule has 1 aliphatic rings. The van der Waals surface area contributed by atoms with Crippen LogP contribution in [0.15, 0.2) is 47.5 Å². The van der Waals surface area contributed by atoms with Crippen molar-refractivity contribution in [2.75, 3.05) is 18.4 Å². The highest BCUT2D eigenvalue weighted by Crippen LogP contribution is 2.26. The van der Waals surface area contributed by atoms with Crippen LogP contribution in [0.5, 0.6) is 5.75 Å². The zero-order chi connectivity index (χ0) is 18.7. The average Bonchev–Trinajstić information content (AvgIpc) is 2.64. The summed E-state index contributed by atoms with van der Waals surface area (Å²) in [5.74, 6) is -1.61. The van der Waals surface area contributed by atoms with Gasteiger partial charge in [-0.25, -0.2) is 17.8 Å². The number of pyridine rings is 1. The van der Waals surface area contributed by atoms with Crippen LogP contribution in [0.4, 0.5) is 10.2 Å². The summed E-state index contributed by atoms with van der Waals surface area (Å²) in [7, 11) is -3.80. The van der Waals surface area contributed by atoms with Crippen LogP contribution < -0.4 is 5.32 Å². The van der Waals surface area contributed by atoms with Gasteiger partial charge in [0, 0.05) is 19.3 Å².